The van der Waals surface area contributed by atoms with Gasteiger partial charge >= 0.3 is 5.97 Å². The molecule has 3 nitrogen and oxygen atoms in total. The van der Waals surface area contributed by atoms with Crippen LogP contribution in [0.4, 0.5) is 0 Å². The number of carbonyl (C=O) groups is 1. The maximum absolute atomic E-state index is 11.0. The van der Waals surface area contributed by atoms with Gasteiger partial charge in [0.25, 0.3) is 0 Å². The van der Waals surface area contributed by atoms with E-state index in [-0.39, 0.29) is 17.6 Å². The molecular weight excluding hydrogens is 164 g/mol. The molecule has 0 atom stereocenters. The van der Waals surface area contributed by atoms with Crippen molar-refractivity contribution in [3.63, 3.8) is 0 Å². The van der Waals surface area contributed by atoms with Crippen LogP contribution in [-0.2, 0) is 9.53 Å². The molecule has 0 aromatic rings. The molecule has 0 rings (SSSR count). The van der Waals surface area contributed by atoms with Gasteiger partial charge in [0, 0.05) is 0 Å². The summed E-state index contributed by atoms with van der Waals surface area (Å²) in [5, 5.41) is 8.22. The van der Waals surface area contributed by atoms with Gasteiger partial charge in [0.1, 0.15) is 0 Å². The third-order valence-electron chi connectivity index (χ3n) is 0.939. The lowest BCUT2D eigenvalue weighted by molar-refractivity contribution is -0.151. The van der Waals surface area contributed by atoms with Gasteiger partial charge in [-0.15, -0.1) is 0 Å². The van der Waals surface area contributed by atoms with Crippen molar-refractivity contribution >= 4 is 23.2 Å². The molecule has 0 radical (unpaired) electrons. The molecule has 1 N–H and O–H groups in total. The number of aliphatic hydroxyl groups excluding tert-OH is 1. The Kier molecular flexibility index (Phi) is 3.45. The highest BCUT2D eigenvalue weighted by atomic mass is 32.1. The number of thiocarbonyl (C=S) groups is 1. The Morgan fingerprint density at radius 1 is 1.55 bits per heavy atom. The van der Waals surface area contributed by atoms with Gasteiger partial charge < -0.3 is 9.84 Å². The highest BCUT2D eigenvalue weighted by Gasteiger charge is 2.22. The van der Waals surface area contributed by atoms with Crippen molar-refractivity contribution in [1.29, 1.82) is 0 Å². The Bertz CT molecular complexity index is 169. The summed E-state index contributed by atoms with van der Waals surface area (Å²) in [6.07, 6.45) is 0. The maximum atomic E-state index is 11.0. The molecule has 0 saturated carbocycles. The molecule has 0 aliphatic carbocycles. The van der Waals surface area contributed by atoms with E-state index in [0.29, 0.717) is 0 Å². The molecule has 0 aliphatic rings. The molecule has 0 spiro atoms. The molecule has 0 aromatic heterocycles. The van der Waals surface area contributed by atoms with Crippen LogP contribution in [0.25, 0.3) is 0 Å². The molecule has 0 saturated heterocycles. The lowest BCUT2D eigenvalue weighted by Gasteiger charge is -2.15. The van der Waals surface area contributed by atoms with Crippen LogP contribution in [0.1, 0.15) is 20.8 Å². The minimum Gasteiger partial charge on any atom is -0.500 e. The minimum atomic E-state index is -0.537. The number of hydrogen-bond acceptors (Lipinski definition) is 3. The van der Waals surface area contributed by atoms with Crippen LogP contribution in [0.15, 0.2) is 0 Å². The van der Waals surface area contributed by atoms with Gasteiger partial charge in [0.05, 0.1) is 5.41 Å². The van der Waals surface area contributed by atoms with E-state index in [1.54, 1.807) is 20.8 Å². The smallest absolute Gasteiger partial charge is 0.311 e. The number of carbonyl (C=O) groups excluding carboxylic acids is 1. The maximum Gasteiger partial charge on any atom is 0.311 e. The molecule has 0 bridgehead atoms. The topological polar surface area (TPSA) is 46.5 Å². The second kappa shape index (κ2) is 3.67. The highest BCUT2D eigenvalue weighted by molar-refractivity contribution is 7.80. The summed E-state index contributed by atoms with van der Waals surface area (Å²) in [4.78, 5) is 11.0. The fourth-order valence-electron chi connectivity index (χ4n) is 0.344. The van der Waals surface area contributed by atoms with Gasteiger partial charge in [0.2, 0.25) is 0 Å². The van der Waals surface area contributed by atoms with E-state index in [9.17, 15) is 4.79 Å². The third-order valence-corrected chi connectivity index (χ3v) is 1.06. The van der Waals surface area contributed by atoms with Gasteiger partial charge in [-0.05, 0) is 33.0 Å². The van der Waals surface area contributed by atoms with Crippen molar-refractivity contribution in [2.75, 3.05) is 6.61 Å². The Labute approximate surface area is 71.4 Å². The summed E-state index contributed by atoms with van der Waals surface area (Å²) in [6.45, 7) is 5.01. The lowest BCUT2D eigenvalue weighted by atomic mass is 9.97. The summed E-state index contributed by atoms with van der Waals surface area (Å²) < 4.78 is 4.64. The van der Waals surface area contributed by atoms with Crippen LogP contribution in [0.3, 0.4) is 0 Å². The molecule has 0 aromatic carbocycles. The van der Waals surface area contributed by atoms with Gasteiger partial charge in [-0.25, -0.2) is 0 Å². The summed E-state index contributed by atoms with van der Waals surface area (Å²) in [5.74, 6) is -0.367. The number of ether oxygens (including phenoxy) is 1. The molecule has 4 heteroatoms. The zero-order chi connectivity index (χ0) is 9.07. The van der Waals surface area contributed by atoms with Crippen LogP contribution in [0.5, 0.6) is 0 Å². The van der Waals surface area contributed by atoms with Crippen LogP contribution in [0, 0.1) is 5.41 Å². The zero-order valence-corrected chi connectivity index (χ0v) is 7.70. The van der Waals surface area contributed by atoms with E-state index in [2.05, 4.69) is 17.0 Å². The van der Waals surface area contributed by atoms with E-state index in [1.807, 2.05) is 0 Å². The average molecular weight is 176 g/mol. The number of rotatable bonds is 2. The second-order valence-electron chi connectivity index (χ2n) is 3.22. The van der Waals surface area contributed by atoms with Gasteiger partial charge in [-0.3, -0.25) is 4.79 Å². The summed E-state index contributed by atoms with van der Waals surface area (Å²) in [6, 6.07) is 0. The monoisotopic (exact) mass is 176 g/mol. The van der Waals surface area contributed by atoms with Crippen molar-refractivity contribution in [1.82, 2.24) is 0 Å². The van der Waals surface area contributed by atoms with E-state index >= 15 is 0 Å². The van der Waals surface area contributed by atoms with E-state index in [1.165, 1.54) is 0 Å². The first-order valence-electron chi connectivity index (χ1n) is 3.23. The summed E-state index contributed by atoms with van der Waals surface area (Å²) >= 11 is 4.32. The minimum absolute atomic E-state index is 0.189. The van der Waals surface area contributed by atoms with Crippen molar-refractivity contribution in [2.45, 2.75) is 20.8 Å². The van der Waals surface area contributed by atoms with Gasteiger partial charge in [-0.2, -0.15) is 0 Å². The second-order valence-corrected chi connectivity index (χ2v) is 3.69. The summed E-state index contributed by atoms with van der Waals surface area (Å²) in [5.41, 5.74) is -0.537. The normalized spacial score (nSPS) is 10.8. The quantitative estimate of drug-likeness (QED) is 0.511. The van der Waals surface area contributed by atoms with Crippen LogP contribution >= 0.6 is 12.2 Å². The number of aliphatic hydroxyl groups is 1. The van der Waals surface area contributed by atoms with Crippen LogP contribution in [-0.4, -0.2) is 22.7 Å². The first-order chi connectivity index (χ1) is 4.84. The number of esters is 1. The molecule has 0 heterocycles. The first kappa shape index (κ1) is 10.4. The molecule has 0 fully saturated rings. The molecule has 11 heavy (non-hydrogen) atoms. The largest absolute Gasteiger partial charge is 0.500 e. The van der Waals surface area contributed by atoms with Crippen molar-refractivity contribution in [2.24, 2.45) is 5.41 Å². The Morgan fingerprint density at radius 3 is 2.27 bits per heavy atom. The number of hydrogen-bond donors (Lipinski definition) is 1. The standard InChI is InChI=1S/C7H12O3S/c1-7(2,3)6(9)10-4-5(8)11/h4H2,1-3H3,(H,8,11). The van der Waals surface area contributed by atoms with Crippen LogP contribution < -0.4 is 0 Å². The van der Waals surface area contributed by atoms with Crippen molar-refractivity contribution < 1.29 is 14.6 Å². The molecular formula is C7H12O3S. The molecule has 0 aliphatic heterocycles. The predicted molar refractivity (Wildman–Crippen MR) is 45.6 cm³/mol. The molecule has 0 unspecified atom stereocenters. The summed E-state index contributed by atoms with van der Waals surface area (Å²) in [7, 11) is 0. The highest BCUT2D eigenvalue weighted by Crippen LogP contribution is 2.14. The Hall–Kier alpha value is -0.640. The fraction of sp³-hybridized carbons (Fsp3) is 0.714. The first-order valence-corrected chi connectivity index (χ1v) is 3.64. The SMILES string of the molecule is CC(C)(C)C(=O)OCC(O)=S. The van der Waals surface area contributed by atoms with E-state index < -0.39 is 5.41 Å². The lowest BCUT2D eigenvalue weighted by Crippen LogP contribution is -2.25. The fourth-order valence-corrected chi connectivity index (χ4v) is 0.403. The van der Waals surface area contributed by atoms with E-state index in [0.717, 1.165) is 0 Å². The average Bonchev–Trinajstić information content (AvgIpc) is 1.80. The molecule has 64 valence electrons. The Morgan fingerprint density at radius 2 is 2.00 bits per heavy atom. The molecule has 0 amide bonds. The predicted octanol–water partition coefficient (Wildman–Crippen LogP) is 1.46. The zero-order valence-electron chi connectivity index (χ0n) is 6.88. The Balaban J connectivity index is 3.80. The van der Waals surface area contributed by atoms with Gasteiger partial charge in [0.15, 0.2) is 11.7 Å². The van der Waals surface area contributed by atoms with Gasteiger partial charge in [-0.1, -0.05) is 0 Å². The van der Waals surface area contributed by atoms with Crippen LogP contribution in [0.2, 0.25) is 0 Å². The van der Waals surface area contributed by atoms with Crippen molar-refractivity contribution in [3.05, 3.63) is 0 Å². The third kappa shape index (κ3) is 4.72. The van der Waals surface area contributed by atoms with E-state index in [4.69, 9.17) is 5.11 Å². The van der Waals surface area contributed by atoms with Crippen molar-refractivity contribution in [3.8, 4) is 0 Å².